The summed E-state index contributed by atoms with van der Waals surface area (Å²) in [4.78, 5) is 4.09. The highest BCUT2D eigenvalue weighted by Gasteiger charge is 2.45. The molecule has 2 unspecified atom stereocenters. The number of rotatable bonds is 4. The summed E-state index contributed by atoms with van der Waals surface area (Å²) in [6, 6.07) is 10.1. The van der Waals surface area contributed by atoms with Crippen molar-refractivity contribution in [3.63, 3.8) is 0 Å². The number of benzene rings is 1. The highest BCUT2D eigenvalue weighted by Crippen LogP contribution is 2.42. The van der Waals surface area contributed by atoms with E-state index >= 15 is 0 Å². The Morgan fingerprint density at radius 3 is 2.90 bits per heavy atom. The maximum Gasteiger partial charge on any atom is 0.218 e. The van der Waals surface area contributed by atoms with Crippen LogP contribution in [-0.4, -0.2) is 28.0 Å². The van der Waals surface area contributed by atoms with E-state index in [0.717, 1.165) is 24.8 Å². The molecule has 0 spiro atoms. The predicted molar refractivity (Wildman–Crippen MR) is 78.6 cm³/mol. The Bertz CT molecular complexity index is 544. The fourth-order valence-corrected chi connectivity index (χ4v) is 3.02. The third-order valence-corrected chi connectivity index (χ3v) is 3.92. The van der Waals surface area contributed by atoms with Crippen molar-refractivity contribution >= 4 is 0 Å². The fourth-order valence-electron chi connectivity index (χ4n) is 3.02. The molecule has 1 saturated heterocycles. The smallest absolute Gasteiger partial charge is 0.218 e. The predicted octanol–water partition coefficient (Wildman–Crippen LogP) is 2.91. The highest BCUT2D eigenvalue weighted by atomic mass is 16.7. The van der Waals surface area contributed by atoms with Gasteiger partial charge in [-0.25, -0.2) is 9.67 Å². The molecule has 5 heteroatoms. The monoisotopic (exact) mass is 287 g/mol. The molecule has 0 amide bonds. The Hall–Kier alpha value is -1.72. The summed E-state index contributed by atoms with van der Waals surface area (Å²) in [5.74, 6) is -0.791. The molecule has 0 saturated carbocycles. The highest BCUT2D eigenvalue weighted by molar-refractivity contribution is 5.22. The van der Waals surface area contributed by atoms with Gasteiger partial charge < -0.3 is 9.47 Å². The number of ether oxygens (including phenoxy) is 2. The minimum atomic E-state index is -0.791. The molecular weight excluding hydrogens is 266 g/mol. The Balaban J connectivity index is 2.08. The van der Waals surface area contributed by atoms with Crippen LogP contribution in [0.2, 0.25) is 0 Å². The summed E-state index contributed by atoms with van der Waals surface area (Å²) in [5, 5.41) is 4.33. The van der Waals surface area contributed by atoms with Crippen LogP contribution < -0.4 is 0 Å². The molecule has 3 rings (SSSR count). The molecule has 0 N–H and O–H groups in total. The molecule has 1 aliphatic heterocycles. The molecule has 112 valence electrons. The molecule has 0 radical (unpaired) electrons. The van der Waals surface area contributed by atoms with Crippen molar-refractivity contribution in [3.8, 4) is 0 Å². The second-order valence-electron chi connectivity index (χ2n) is 5.20. The SMILES string of the molecule is CCOC1(c2ccccc2)OCCCCC1n1cncn1. The standard InChI is InChI=1S/C16H21N3O2/c1-2-20-16(14-8-4-3-5-9-14)15(10-6-7-11-21-16)19-13-17-12-18-19/h3-5,8-9,12-13,15H,2,6-7,10-11H2,1H3. The van der Waals surface area contributed by atoms with Crippen LogP contribution in [0.1, 0.15) is 37.8 Å². The Morgan fingerprint density at radius 2 is 2.19 bits per heavy atom. The van der Waals surface area contributed by atoms with Crippen molar-refractivity contribution < 1.29 is 9.47 Å². The zero-order chi connectivity index (χ0) is 14.5. The van der Waals surface area contributed by atoms with Crippen LogP contribution in [-0.2, 0) is 15.3 Å². The first-order valence-corrected chi connectivity index (χ1v) is 7.54. The first-order valence-electron chi connectivity index (χ1n) is 7.54. The minimum Gasteiger partial charge on any atom is -0.344 e. The first kappa shape index (κ1) is 14.2. The van der Waals surface area contributed by atoms with E-state index in [4.69, 9.17) is 9.47 Å². The fraction of sp³-hybridized carbons (Fsp3) is 0.500. The van der Waals surface area contributed by atoms with Crippen molar-refractivity contribution in [2.75, 3.05) is 13.2 Å². The first-order chi connectivity index (χ1) is 10.4. The number of hydrogen-bond acceptors (Lipinski definition) is 4. The van der Waals surface area contributed by atoms with Crippen LogP contribution >= 0.6 is 0 Å². The van der Waals surface area contributed by atoms with E-state index < -0.39 is 5.79 Å². The molecule has 1 fully saturated rings. The van der Waals surface area contributed by atoms with Gasteiger partial charge in [0.1, 0.15) is 18.7 Å². The number of aromatic nitrogens is 3. The van der Waals surface area contributed by atoms with Crippen LogP contribution in [0.3, 0.4) is 0 Å². The Labute approximate surface area is 124 Å². The van der Waals surface area contributed by atoms with Crippen LogP contribution in [0.5, 0.6) is 0 Å². The molecule has 2 aromatic rings. The van der Waals surface area contributed by atoms with Crippen molar-refractivity contribution in [3.05, 3.63) is 48.5 Å². The molecule has 0 aliphatic carbocycles. The van der Waals surface area contributed by atoms with Crippen molar-refractivity contribution in [2.45, 2.75) is 38.0 Å². The van der Waals surface area contributed by atoms with Gasteiger partial charge in [-0.15, -0.1) is 0 Å². The van der Waals surface area contributed by atoms with Crippen LogP contribution in [0.25, 0.3) is 0 Å². The van der Waals surface area contributed by atoms with E-state index in [-0.39, 0.29) is 6.04 Å². The summed E-state index contributed by atoms with van der Waals surface area (Å²) in [6.45, 7) is 3.28. The van der Waals surface area contributed by atoms with E-state index in [1.54, 1.807) is 12.7 Å². The van der Waals surface area contributed by atoms with Crippen molar-refractivity contribution in [2.24, 2.45) is 0 Å². The van der Waals surface area contributed by atoms with E-state index in [1.165, 1.54) is 0 Å². The molecule has 0 bridgehead atoms. The zero-order valence-electron chi connectivity index (χ0n) is 12.3. The van der Waals surface area contributed by atoms with Crippen LogP contribution in [0.4, 0.5) is 0 Å². The lowest BCUT2D eigenvalue weighted by Gasteiger charge is -2.38. The van der Waals surface area contributed by atoms with E-state index in [2.05, 4.69) is 22.2 Å². The summed E-state index contributed by atoms with van der Waals surface area (Å²) in [6.07, 6.45) is 6.39. The normalized spacial score (nSPS) is 26.4. The summed E-state index contributed by atoms with van der Waals surface area (Å²) < 4.78 is 14.3. The molecule has 1 aromatic carbocycles. The van der Waals surface area contributed by atoms with Gasteiger partial charge >= 0.3 is 0 Å². The molecule has 21 heavy (non-hydrogen) atoms. The lowest BCUT2D eigenvalue weighted by atomic mass is 9.94. The van der Waals surface area contributed by atoms with Gasteiger partial charge in [0.05, 0.1) is 6.61 Å². The van der Waals surface area contributed by atoms with Gasteiger partial charge in [0, 0.05) is 12.2 Å². The molecule has 1 aliphatic rings. The maximum atomic E-state index is 6.24. The molecule has 5 nitrogen and oxygen atoms in total. The van der Waals surface area contributed by atoms with Gasteiger partial charge in [-0.3, -0.25) is 0 Å². The average molecular weight is 287 g/mol. The molecular formula is C16H21N3O2. The third-order valence-electron chi connectivity index (χ3n) is 3.92. The van der Waals surface area contributed by atoms with Gasteiger partial charge in [-0.2, -0.15) is 5.10 Å². The zero-order valence-corrected chi connectivity index (χ0v) is 12.3. The van der Waals surface area contributed by atoms with Crippen LogP contribution in [0, 0.1) is 0 Å². The minimum absolute atomic E-state index is 0.00940. The molecule has 2 heterocycles. The Morgan fingerprint density at radius 1 is 1.33 bits per heavy atom. The maximum absolute atomic E-state index is 6.24. The van der Waals surface area contributed by atoms with Gasteiger partial charge in [0.2, 0.25) is 5.79 Å². The van der Waals surface area contributed by atoms with Gasteiger partial charge in [0.15, 0.2) is 0 Å². The van der Waals surface area contributed by atoms with Gasteiger partial charge in [-0.1, -0.05) is 30.3 Å². The molecule has 2 atom stereocenters. The van der Waals surface area contributed by atoms with E-state index in [1.807, 2.05) is 29.8 Å². The summed E-state index contributed by atoms with van der Waals surface area (Å²) >= 11 is 0. The lowest BCUT2D eigenvalue weighted by molar-refractivity contribution is -0.267. The van der Waals surface area contributed by atoms with Gasteiger partial charge in [0.25, 0.3) is 0 Å². The number of hydrogen-bond donors (Lipinski definition) is 0. The number of nitrogens with zero attached hydrogens (tertiary/aromatic N) is 3. The van der Waals surface area contributed by atoms with Gasteiger partial charge in [-0.05, 0) is 26.2 Å². The molecule has 1 aromatic heterocycles. The third kappa shape index (κ3) is 2.71. The quantitative estimate of drug-likeness (QED) is 0.867. The topological polar surface area (TPSA) is 49.2 Å². The Kier molecular flexibility index (Phi) is 4.31. The largest absolute Gasteiger partial charge is 0.344 e. The van der Waals surface area contributed by atoms with Crippen molar-refractivity contribution in [1.82, 2.24) is 14.8 Å². The lowest BCUT2D eigenvalue weighted by Crippen LogP contribution is -2.42. The summed E-state index contributed by atoms with van der Waals surface area (Å²) in [5.41, 5.74) is 1.04. The van der Waals surface area contributed by atoms with E-state index in [9.17, 15) is 0 Å². The van der Waals surface area contributed by atoms with Crippen LogP contribution in [0.15, 0.2) is 43.0 Å². The summed E-state index contributed by atoms with van der Waals surface area (Å²) in [7, 11) is 0. The van der Waals surface area contributed by atoms with E-state index in [0.29, 0.717) is 13.2 Å². The van der Waals surface area contributed by atoms with Crippen molar-refractivity contribution in [1.29, 1.82) is 0 Å². The average Bonchev–Trinajstić information content (AvgIpc) is 2.97. The second kappa shape index (κ2) is 6.37. The second-order valence-corrected chi connectivity index (χ2v) is 5.20.